The highest BCUT2D eigenvalue weighted by atomic mass is 16.5. The standard InChI is InChI=1S/C20H27N3O3/c1-14(2)21-7-9-22(10-8-21)16-12-23(13-16)20(24)18-11-15-5-4-6-17(25-3)19(15)26-18/h4-6,11,14,16H,7-10,12-13H2,1-3H3. The zero-order chi connectivity index (χ0) is 18.3. The lowest BCUT2D eigenvalue weighted by molar-refractivity contribution is 0.00180. The molecule has 0 atom stereocenters. The van der Waals surface area contributed by atoms with Gasteiger partial charge < -0.3 is 14.1 Å². The van der Waals surface area contributed by atoms with Crippen molar-refractivity contribution in [3.63, 3.8) is 0 Å². The molecule has 2 aliphatic heterocycles. The van der Waals surface area contributed by atoms with Crippen LogP contribution in [0.1, 0.15) is 24.4 Å². The van der Waals surface area contributed by atoms with Crippen LogP contribution in [-0.2, 0) is 0 Å². The summed E-state index contributed by atoms with van der Waals surface area (Å²) in [5.41, 5.74) is 0.639. The SMILES string of the molecule is COc1cccc2cc(C(=O)N3CC(N4CCN(C(C)C)CC4)C3)oc12. The number of hydrogen-bond donors (Lipinski definition) is 0. The average Bonchev–Trinajstić information content (AvgIpc) is 3.05. The number of benzene rings is 1. The lowest BCUT2D eigenvalue weighted by atomic mass is 10.0. The Labute approximate surface area is 154 Å². The normalized spacial score (nSPS) is 19.9. The van der Waals surface area contributed by atoms with Crippen LogP contribution in [0.25, 0.3) is 11.0 Å². The molecule has 1 amide bonds. The van der Waals surface area contributed by atoms with Crippen molar-refractivity contribution in [1.29, 1.82) is 0 Å². The first-order valence-corrected chi connectivity index (χ1v) is 9.40. The molecule has 2 saturated heterocycles. The van der Waals surface area contributed by atoms with Crippen LogP contribution >= 0.6 is 0 Å². The Morgan fingerprint density at radius 3 is 2.58 bits per heavy atom. The van der Waals surface area contributed by atoms with E-state index in [0.29, 0.717) is 29.2 Å². The predicted molar refractivity (Wildman–Crippen MR) is 101 cm³/mol. The first-order chi connectivity index (χ1) is 12.6. The maximum absolute atomic E-state index is 12.7. The smallest absolute Gasteiger partial charge is 0.289 e. The summed E-state index contributed by atoms with van der Waals surface area (Å²) in [5.74, 6) is 1.03. The number of fused-ring (bicyclic) bond motifs is 1. The van der Waals surface area contributed by atoms with Gasteiger partial charge in [0.2, 0.25) is 0 Å². The summed E-state index contributed by atoms with van der Waals surface area (Å²) < 4.78 is 11.1. The second-order valence-corrected chi connectivity index (χ2v) is 7.52. The van der Waals surface area contributed by atoms with Crippen LogP contribution in [0.3, 0.4) is 0 Å². The molecule has 6 nitrogen and oxygen atoms in total. The fraction of sp³-hybridized carbons (Fsp3) is 0.550. The lowest BCUT2D eigenvalue weighted by Crippen LogP contribution is -2.64. The number of hydrogen-bond acceptors (Lipinski definition) is 5. The van der Waals surface area contributed by atoms with Gasteiger partial charge in [-0.1, -0.05) is 12.1 Å². The van der Waals surface area contributed by atoms with Crippen LogP contribution in [0, 0.1) is 0 Å². The van der Waals surface area contributed by atoms with Crippen molar-refractivity contribution in [3.05, 3.63) is 30.0 Å². The number of ether oxygens (including phenoxy) is 1. The van der Waals surface area contributed by atoms with Crippen molar-refractivity contribution in [1.82, 2.24) is 14.7 Å². The van der Waals surface area contributed by atoms with Gasteiger partial charge in [0.15, 0.2) is 17.1 Å². The molecule has 0 spiro atoms. The van der Waals surface area contributed by atoms with Crippen molar-refractivity contribution < 1.29 is 13.9 Å². The third-order valence-electron chi connectivity index (χ3n) is 5.68. The number of carbonyl (C=O) groups is 1. The molecule has 1 aromatic heterocycles. The molecule has 2 fully saturated rings. The van der Waals surface area contributed by atoms with E-state index in [-0.39, 0.29) is 5.91 Å². The van der Waals surface area contributed by atoms with Gasteiger partial charge in [-0.2, -0.15) is 0 Å². The van der Waals surface area contributed by atoms with Gasteiger partial charge in [0.1, 0.15) is 0 Å². The van der Waals surface area contributed by atoms with Crippen LogP contribution < -0.4 is 4.74 Å². The number of methoxy groups -OCH3 is 1. The Hall–Kier alpha value is -2.05. The quantitative estimate of drug-likeness (QED) is 0.840. The topological polar surface area (TPSA) is 49.2 Å². The molecule has 0 bridgehead atoms. The Kier molecular flexibility index (Phi) is 4.63. The molecular weight excluding hydrogens is 330 g/mol. The van der Waals surface area contributed by atoms with Crippen LogP contribution in [0.4, 0.5) is 0 Å². The predicted octanol–water partition coefficient (Wildman–Crippen LogP) is 2.29. The highest BCUT2D eigenvalue weighted by Crippen LogP contribution is 2.30. The summed E-state index contributed by atoms with van der Waals surface area (Å²) in [6.07, 6.45) is 0. The van der Waals surface area contributed by atoms with Gasteiger partial charge in [-0.05, 0) is 26.0 Å². The molecule has 3 heterocycles. The maximum atomic E-state index is 12.7. The van der Waals surface area contributed by atoms with E-state index in [2.05, 4.69) is 23.6 Å². The lowest BCUT2D eigenvalue weighted by Gasteiger charge is -2.48. The maximum Gasteiger partial charge on any atom is 0.289 e. The van der Waals surface area contributed by atoms with E-state index in [0.717, 1.165) is 44.7 Å². The van der Waals surface area contributed by atoms with E-state index >= 15 is 0 Å². The molecule has 2 aliphatic rings. The minimum atomic E-state index is -0.0275. The fourth-order valence-corrected chi connectivity index (χ4v) is 3.93. The first kappa shape index (κ1) is 17.4. The van der Waals surface area contributed by atoms with Gasteiger partial charge in [0.25, 0.3) is 5.91 Å². The molecule has 4 rings (SSSR count). The average molecular weight is 357 g/mol. The third kappa shape index (κ3) is 3.08. The van der Waals surface area contributed by atoms with Gasteiger partial charge in [-0.3, -0.25) is 14.6 Å². The van der Waals surface area contributed by atoms with E-state index in [1.807, 2.05) is 29.2 Å². The summed E-state index contributed by atoms with van der Waals surface area (Å²) in [5, 5.41) is 0.898. The molecule has 0 saturated carbocycles. The summed E-state index contributed by atoms with van der Waals surface area (Å²) in [6, 6.07) is 8.59. The zero-order valence-corrected chi connectivity index (χ0v) is 15.8. The second kappa shape index (κ2) is 6.93. The summed E-state index contributed by atoms with van der Waals surface area (Å²) in [4.78, 5) is 19.6. The Morgan fingerprint density at radius 1 is 1.19 bits per heavy atom. The minimum Gasteiger partial charge on any atom is -0.493 e. The van der Waals surface area contributed by atoms with Crippen molar-refractivity contribution in [2.24, 2.45) is 0 Å². The Balaban J connectivity index is 1.36. The molecule has 0 N–H and O–H groups in total. The van der Waals surface area contributed by atoms with E-state index in [4.69, 9.17) is 9.15 Å². The monoisotopic (exact) mass is 357 g/mol. The molecule has 140 valence electrons. The summed E-state index contributed by atoms with van der Waals surface area (Å²) >= 11 is 0. The van der Waals surface area contributed by atoms with Gasteiger partial charge in [-0.25, -0.2) is 0 Å². The molecule has 0 radical (unpaired) electrons. The van der Waals surface area contributed by atoms with Gasteiger partial charge in [0.05, 0.1) is 7.11 Å². The largest absolute Gasteiger partial charge is 0.493 e. The molecule has 6 heteroatoms. The number of nitrogens with zero attached hydrogens (tertiary/aromatic N) is 3. The molecule has 0 unspecified atom stereocenters. The van der Waals surface area contributed by atoms with Crippen LogP contribution in [0.2, 0.25) is 0 Å². The van der Waals surface area contributed by atoms with E-state index < -0.39 is 0 Å². The fourth-order valence-electron chi connectivity index (χ4n) is 3.93. The van der Waals surface area contributed by atoms with Gasteiger partial charge in [0, 0.05) is 56.7 Å². The highest BCUT2D eigenvalue weighted by molar-refractivity contribution is 5.97. The molecule has 2 aromatic rings. The number of rotatable bonds is 4. The van der Waals surface area contributed by atoms with Crippen LogP contribution in [0.5, 0.6) is 5.75 Å². The third-order valence-corrected chi connectivity index (χ3v) is 5.68. The Morgan fingerprint density at radius 2 is 1.92 bits per heavy atom. The Bertz CT molecular complexity index is 787. The first-order valence-electron chi connectivity index (χ1n) is 9.40. The molecule has 1 aromatic carbocycles. The van der Waals surface area contributed by atoms with Gasteiger partial charge >= 0.3 is 0 Å². The van der Waals surface area contributed by atoms with E-state index in [1.54, 1.807) is 7.11 Å². The second-order valence-electron chi connectivity index (χ2n) is 7.52. The van der Waals surface area contributed by atoms with Crippen molar-refractivity contribution >= 4 is 16.9 Å². The summed E-state index contributed by atoms with van der Waals surface area (Å²) in [7, 11) is 1.61. The number of para-hydroxylation sites is 1. The number of amides is 1. The van der Waals surface area contributed by atoms with Crippen molar-refractivity contribution in [3.8, 4) is 5.75 Å². The zero-order valence-electron chi connectivity index (χ0n) is 15.8. The van der Waals surface area contributed by atoms with E-state index in [1.165, 1.54) is 0 Å². The minimum absolute atomic E-state index is 0.0275. The van der Waals surface area contributed by atoms with Crippen LogP contribution in [0.15, 0.2) is 28.7 Å². The number of carbonyl (C=O) groups excluding carboxylic acids is 1. The highest BCUT2D eigenvalue weighted by Gasteiger charge is 2.37. The van der Waals surface area contributed by atoms with Crippen LogP contribution in [-0.4, -0.2) is 79.1 Å². The molecule has 26 heavy (non-hydrogen) atoms. The number of furan rings is 1. The number of likely N-dealkylation sites (tertiary alicyclic amines) is 1. The molecule has 0 aliphatic carbocycles. The van der Waals surface area contributed by atoms with Gasteiger partial charge in [-0.15, -0.1) is 0 Å². The van der Waals surface area contributed by atoms with Crippen molar-refractivity contribution in [2.45, 2.75) is 25.9 Å². The van der Waals surface area contributed by atoms with Crippen molar-refractivity contribution in [2.75, 3.05) is 46.4 Å². The van der Waals surface area contributed by atoms with E-state index in [9.17, 15) is 4.79 Å². The molecular formula is C20H27N3O3. The summed E-state index contributed by atoms with van der Waals surface area (Å²) in [6.45, 7) is 10.5. The number of piperazine rings is 1.